The van der Waals surface area contributed by atoms with E-state index >= 15 is 0 Å². The molecule has 14 aromatic carbocycles. The molecule has 0 bridgehead atoms. The summed E-state index contributed by atoms with van der Waals surface area (Å²) in [6.07, 6.45) is 0. The minimum atomic E-state index is -0.372. The summed E-state index contributed by atoms with van der Waals surface area (Å²) in [6, 6.07) is 116. The van der Waals surface area contributed by atoms with Crippen LogP contribution in [-0.4, -0.2) is 29.1 Å². The molecule has 0 saturated heterocycles. The Morgan fingerprint density at radius 1 is 0.317 bits per heavy atom. The fourth-order valence-electron chi connectivity index (χ4n) is 19.4. The van der Waals surface area contributed by atoms with E-state index in [1.165, 1.54) is 116 Å². The summed E-state index contributed by atoms with van der Waals surface area (Å²) < 4.78 is 4.95. The van der Waals surface area contributed by atoms with Crippen molar-refractivity contribution in [3.63, 3.8) is 0 Å². The van der Waals surface area contributed by atoms with Crippen molar-refractivity contribution in [2.75, 3.05) is 0 Å². The van der Waals surface area contributed by atoms with Gasteiger partial charge in [-0.2, -0.15) is 0 Å². The second-order valence-electron chi connectivity index (χ2n) is 29.8. The van der Waals surface area contributed by atoms with Gasteiger partial charge in [-0.05, 0) is 118 Å². The van der Waals surface area contributed by atoms with Crippen LogP contribution in [0.15, 0.2) is 315 Å². The first-order chi connectivity index (χ1) is 51.2. The summed E-state index contributed by atoms with van der Waals surface area (Å²) in [5, 5.41) is 5.84. The highest BCUT2D eigenvalue weighted by molar-refractivity contribution is 6.25. The van der Waals surface area contributed by atoms with Crippen molar-refractivity contribution in [2.45, 2.75) is 50.4 Å². The summed E-state index contributed by atoms with van der Waals surface area (Å²) in [5.41, 5.74) is 35.1. The first kappa shape index (κ1) is 58.9. The van der Waals surface area contributed by atoms with Gasteiger partial charge in [-0.1, -0.05) is 319 Å². The van der Waals surface area contributed by atoms with Gasteiger partial charge in [0, 0.05) is 83.5 Å². The van der Waals surface area contributed by atoms with E-state index in [1.54, 1.807) is 0 Å². The predicted molar refractivity (Wildman–Crippen MR) is 426 cm³/mol. The van der Waals surface area contributed by atoms with Crippen LogP contribution in [0.4, 0.5) is 0 Å². The molecule has 0 aliphatic heterocycles. The third-order valence-corrected chi connectivity index (χ3v) is 23.6. The van der Waals surface area contributed by atoms with Gasteiger partial charge >= 0.3 is 0 Å². The van der Waals surface area contributed by atoms with Crippen LogP contribution < -0.4 is 0 Å². The number of hydrogen-bond donors (Lipinski definition) is 0. The Hall–Kier alpha value is -12.9. The SMILES string of the molecule is CC1(C)c2ccccc2-c2c1c1c(c3c2c2ccccc2n3-c2cc(-c3ccccc3)nc(-c3ccccc3)n2)-c2ccccc2C1c1cccc(-c2ccc3c4c5c(c6c(c4n(-c4nc(-c7ccccc7)c7ccccc7n4)c3c2)-c2ccccc2C6c2ccccc2)C(C)(C)c2ccccc2-5)c1. The van der Waals surface area contributed by atoms with Crippen molar-refractivity contribution >= 4 is 54.5 Å². The van der Waals surface area contributed by atoms with Gasteiger partial charge in [0.05, 0.1) is 39.0 Å². The average Bonchev–Trinajstić information content (AvgIpc) is 1.51. The molecule has 0 fully saturated rings. The van der Waals surface area contributed by atoms with Crippen LogP contribution in [0, 0.1) is 0 Å². The van der Waals surface area contributed by atoms with Crippen molar-refractivity contribution < 1.29 is 0 Å². The zero-order chi connectivity index (χ0) is 68.8. The van der Waals surface area contributed by atoms with E-state index in [-0.39, 0.29) is 22.7 Å². The standard InChI is InChI=1S/C98H66N6/c1-97(2)74-49-26-22-45-69(74)83-87-72-53-52-62(55-78(72)104(96-100-75-50-27-23-46-70(75)92(102-96)59-34-13-7-14-35-59)94(87)85-66-42-19-17-40-64(66)80(88(85)90(83)97)58-32-11-6-12-33-58)61-38-29-39-63(54-61)81-65-41-18-20-43-67(65)84-89(81)91-82(68-44-21-25-48-73(68)98(91,3)4)86-71-47-24-28-51-77(71)103(93(84)86)79-56-76(57-30-9-5-10-31-57)99-95(101-79)60-36-15-8-16-37-60/h5-56,80-81H,1-4H3. The van der Waals surface area contributed by atoms with Crippen LogP contribution in [0.5, 0.6) is 0 Å². The van der Waals surface area contributed by atoms with Gasteiger partial charge in [0.2, 0.25) is 5.95 Å². The molecule has 4 heterocycles. The first-order valence-corrected chi connectivity index (χ1v) is 36.4. The monoisotopic (exact) mass is 1330 g/mol. The smallest absolute Gasteiger partial charge is 0.235 e. The highest BCUT2D eigenvalue weighted by Crippen LogP contribution is 2.66. The lowest BCUT2D eigenvalue weighted by molar-refractivity contribution is 0.651. The molecule has 0 saturated carbocycles. The van der Waals surface area contributed by atoms with E-state index in [2.05, 4.69) is 352 Å². The molecule has 22 rings (SSSR count). The Labute approximate surface area is 602 Å². The third kappa shape index (κ3) is 8.11. The van der Waals surface area contributed by atoms with E-state index in [0.29, 0.717) is 11.8 Å². The molecule has 488 valence electrons. The summed E-state index contributed by atoms with van der Waals surface area (Å²) in [7, 11) is 0. The van der Waals surface area contributed by atoms with Crippen LogP contribution in [0.3, 0.4) is 0 Å². The van der Waals surface area contributed by atoms with Gasteiger partial charge < -0.3 is 0 Å². The normalized spacial score (nSPS) is 15.3. The quantitative estimate of drug-likeness (QED) is 0.152. The molecule has 18 aromatic rings. The largest absolute Gasteiger partial charge is 0.293 e. The van der Waals surface area contributed by atoms with E-state index in [1.807, 2.05) is 0 Å². The molecule has 0 amide bonds. The van der Waals surface area contributed by atoms with Gasteiger partial charge in [0.25, 0.3) is 0 Å². The highest BCUT2D eigenvalue weighted by atomic mass is 15.2. The van der Waals surface area contributed by atoms with Gasteiger partial charge in [-0.25, -0.2) is 19.9 Å². The number of aromatic nitrogens is 6. The number of nitrogens with zero attached hydrogens (tertiary/aromatic N) is 6. The molecule has 4 aliphatic rings. The lowest BCUT2D eigenvalue weighted by Gasteiger charge is -2.28. The molecule has 0 radical (unpaired) electrons. The number of benzene rings is 14. The highest BCUT2D eigenvalue weighted by Gasteiger charge is 2.49. The lowest BCUT2D eigenvalue weighted by Crippen LogP contribution is -2.19. The Morgan fingerprint density at radius 2 is 0.798 bits per heavy atom. The molecule has 104 heavy (non-hydrogen) atoms. The number of rotatable bonds is 8. The molecule has 2 atom stereocenters. The van der Waals surface area contributed by atoms with E-state index in [0.717, 1.165) is 83.4 Å². The molecular weight excluding hydrogens is 1260 g/mol. The molecule has 4 aliphatic carbocycles. The van der Waals surface area contributed by atoms with Gasteiger partial charge in [-0.3, -0.25) is 9.13 Å². The maximum Gasteiger partial charge on any atom is 0.235 e. The summed E-state index contributed by atoms with van der Waals surface area (Å²) in [4.78, 5) is 22.6. The Kier molecular flexibility index (Phi) is 12.3. The number of para-hydroxylation sites is 2. The van der Waals surface area contributed by atoms with Crippen molar-refractivity contribution in [2.24, 2.45) is 0 Å². The van der Waals surface area contributed by atoms with E-state index in [9.17, 15) is 0 Å². The summed E-state index contributed by atoms with van der Waals surface area (Å²) in [5.74, 6) is 1.97. The van der Waals surface area contributed by atoms with Crippen LogP contribution in [0.2, 0.25) is 0 Å². The van der Waals surface area contributed by atoms with Crippen molar-refractivity contribution in [1.82, 2.24) is 29.1 Å². The Balaban J connectivity index is 0.828. The molecule has 4 aromatic heterocycles. The fourth-order valence-corrected chi connectivity index (χ4v) is 19.4. The second-order valence-corrected chi connectivity index (χ2v) is 29.8. The zero-order valence-corrected chi connectivity index (χ0v) is 57.9. The molecular formula is C98H66N6. The number of hydrogen-bond acceptors (Lipinski definition) is 4. The average molecular weight is 1330 g/mol. The molecule has 6 nitrogen and oxygen atoms in total. The van der Waals surface area contributed by atoms with Gasteiger partial charge in [0.15, 0.2) is 5.82 Å². The van der Waals surface area contributed by atoms with Crippen LogP contribution in [0.25, 0.3) is 156 Å². The van der Waals surface area contributed by atoms with E-state index in [4.69, 9.17) is 19.9 Å². The minimum absolute atomic E-state index is 0.0186. The maximum atomic E-state index is 5.85. The fraction of sp³-hybridized carbons (Fsp3) is 0.0816. The van der Waals surface area contributed by atoms with Crippen LogP contribution in [-0.2, 0) is 10.8 Å². The Bertz CT molecular complexity index is 6660. The molecule has 2 unspecified atom stereocenters. The second kappa shape index (κ2) is 21.8. The lowest BCUT2D eigenvalue weighted by atomic mass is 9.75. The summed E-state index contributed by atoms with van der Waals surface area (Å²) >= 11 is 0. The van der Waals surface area contributed by atoms with Crippen LogP contribution in [0.1, 0.15) is 95.2 Å². The van der Waals surface area contributed by atoms with Crippen molar-refractivity contribution in [1.29, 1.82) is 0 Å². The number of fused-ring (bicyclic) bond motifs is 25. The minimum Gasteiger partial charge on any atom is -0.293 e. The third-order valence-electron chi connectivity index (χ3n) is 23.6. The molecule has 0 spiro atoms. The summed E-state index contributed by atoms with van der Waals surface area (Å²) in [6.45, 7) is 9.83. The van der Waals surface area contributed by atoms with Crippen molar-refractivity contribution in [3.8, 4) is 101 Å². The first-order valence-electron chi connectivity index (χ1n) is 36.4. The Morgan fingerprint density at radius 3 is 1.44 bits per heavy atom. The van der Waals surface area contributed by atoms with Crippen molar-refractivity contribution in [3.05, 3.63) is 371 Å². The topological polar surface area (TPSA) is 61.4 Å². The van der Waals surface area contributed by atoms with Gasteiger partial charge in [0.1, 0.15) is 5.82 Å². The van der Waals surface area contributed by atoms with E-state index < -0.39 is 0 Å². The molecule has 6 heteroatoms. The zero-order valence-electron chi connectivity index (χ0n) is 57.9. The van der Waals surface area contributed by atoms with Crippen LogP contribution >= 0.6 is 0 Å². The molecule has 0 N–H and O–H groups in total. The van der Waals surface area contributed by atoms with Gasteiger partial charge in [-0.15, -0.1) is 0 Å². The maximum absolute atomic E-state index is 5.85. The predicted octanol–water partition coefficient (Wildman–Crippen LogP) is 24.2.